The van der Waals surface area contributed by atoms with E-state index in [1.165, 1.54) is 43.6 Å². The molecular formula is C48H26O3. The monoisotopic (exact) mass is 650 g/mol. The Morgan fingerprint density at radius 2 is 0.725 bits per heavy atom. The Kier molecular flexibility index (Phi) is 5.23. The van der Waals surface area contributed by atoms with Gasteiger partial charge in [-0.1, -0.05) is 109 Å². The van der Waals surface area contributed by atoms with Gasteiger partial charge in [-0.05, 0) is 91.6 Å². The highest BCUT2D eigenvalue weighted by molar-refractivity contribution is 6.24. The van der Waals surface area contributed by atoms with Crippen LogP contribution in [0.25, 0.3) is 120 Å². The van der Waals surface area contributed by atoms with Gasteiger partial charge in [-0.3, -0.25) is 0 Å². The van der Waals surface area contributed by atoms with Crippen molar-refractivity contribution in [1.29, 1.82) is 0 Å². The SMILES string of the molecule is c1ccc2c(c1)ccc1c3cc4c(cc3oc21)oc1ccc(-c2c3ccccc3c(-c3ccc5oc6ccccc6c5c3)c3ccccc23)cc14. The molecule has 0 aliphatic heterocycles. The summed E-state index contributed by atoms with van der Waals surface area (Å²) in [6, 6.07) is 56.2. The fourth-order valence-corrected chi connectivity index (χ4v) is 8.56. The van der Waals surface area contributed by atoms with E-state index in [1.807, 2.05) is 12.1 Å². The number of rotatable bonds is 2. The molecule has 3 heteroatoms. The van der Waals surface area contributed by atoms with Gasteiger partial charge in [0.1, 0.15) is 33.5 Å². The highest BCUT2D eigenvalue weighted by atomic mass is 16.3. The van der Waals surface area contributed by atoms with Crippen molar-refractivity contribution in [2.75, 3.05) is 0 Å². The van der Waals surface area contributed by atoms with Crippen molar-refractivity contribution in [2.24, 2.45) is 0 Å². The molecule has 51 heavy (non-hydrogen) atoms. The van der Waals surface area contributed by atoms with Gasteiger partial charge >= 0.3 is 0 Å². The van der Waals surface area contributed by atoms with Crippen LogP contribution in [0.1, 0.15) is 0 Å². The molecule has 0 unspecified atom stereocenters. The van der Waals surface area contributed by atoms with Crippen LogP contribution < -0.4 is 0 Å². The van der Waals surface area contributed by atoms with E-state index in [4.69, 9.17) is 13.3 Å². The van der Waals surface area contributed by atoms with Crippen molar-refractivity contribution >= 4 is 98.1 Å². The molecular weight excluding hydrogens is 625 g/mol. The molecule has 0 fully saturated rings. The van der Waals surface area contributed by atoms with E-state index >= 15 is 0 Å². The van der Waals surface area contributed by atoms with Crippen LogP contribution in [0.15, 0.2) is 171 Å². The molecule has 3 aromatic heterocycles. The van der Waals surface area contributed by atoms with Gasteiger partial charge in [0.25, 0.3) is 0 Å². The third-order valence-electron chi connectivity index (χ3n) is 10.8. The molecule has 12 aromatic rings. The molecule has 0 atom stereocenters. The van der Waals surface area contributed by atoms with Gasteiger partial charge in [0.05, 0.1) is 0 Å². The first-order chi connectivity index (χ1) is 25.3. The summed E-state index contributed by atoms with van der Waals surface area (Å²) < 4.78 is 19.2. The predicted molar refractivity (Wildman–Crippen MR) is 212 cm³/mol. The molecule has 0 saturated heterocycles. The van der Waals surface area contributed by atoms with E-state index in [9.17, 15) is 0 Å². The zero-order chi connectivity index (χ0) is 33.2. The molecule has 0 saturated carbocycles. The highest BCUT2D eigenvalue weighted by Crippen LogP contribution is 2.46. The first-order valence-corrected chi connectivity index (χ1v) is 17.3. The molecule has 0 aliphatic rings. The van der Waals surface area contributed by atoms with Crippen LogP contribution >= 0.6 is 0 Å². The Morgan fingerprint density at radius 3 is 1.39 bits per heavy atom. The Bertz CT molecular complexity index is 3370. The molecule has 3 heterocycles. The van der Waals surface area contributed by atoms with Crippen molar-refractivity contribution in [1.82, 2.24) is 0 Å². The fourth-order valence-electron chi connectivity index (χ4n) is 8.56. The lowest BCUT2D eigenvalue weighted by atomic mass is 9.85. The number of benzene rings is 9. The minimum Gasteiger partial charge on any atom is -0.456 e. The van der Waals surface area contributed by atoms with Crippen molar-refractivity contribution in [2.45, 2.75) is 0 Å². The third-order valence-corrected chi connectivity index (χ3v) is 10.8. The van der Waals surface area contributed by atoms with E-state index in [1.54, 1.807) is 0 Å². The van der Waals surface area contributed by atoms with Crippen LogP contribution in [0.5, 0.6) is 0 Å². The molecule has 9 aromatic carbocycles. The maximum atomic E-state index is 6.48. The van der Waals surface area contributed by atoms with Gasteiger partial charge in [0, 0.05) is 43.8 Å². The standard InChI is InChI=1S/C48H26O3/c1-2-10-30-27(9-1)17-20-36-39-25-40-38-24-29(19-22-43(38)50-44(40)26-45(39)51-48(30)36)47-34-14-5-3-12-32(34)46(33-13-4-6-15-35(33)47)28-18-21-42-37(23-28)31-11-7-8-16-41(31)49-42/h1-26H. The molecule has 0 spiro atoms. The lowest BCUT2D eigenvalue weighted by Crippen LogP contribution is -1.90. The average molecular weight is 651 g/mol. The van der Waals surface area contributed by atoms with Gasteiger partial charge < -0.3 is 13.3 Å². The van der Waals surface area contributed by atoms with Crippen molar-refractivity contribution < 1.29 is 13.3 Å². The Hall–Kier alpha value is -6.84. The quantitative estimate of drug-likeness (QED) is 0.175. The maximum absolute atomic E-state index is 6.48. The molecule has 3 nitrogen and oxygen atoms in total. The summed E-state index contributed by atoms with van der Waals surface area (Å²) in [5.74, 6) is 0. The predicted octanol–water partition coefficient (Wildman–Crippen LogP) is 14.2. The number of hydrogen-bond donors (Lipinski definition) is 0. The van der Waals surface area contributed by atoms with Gasteiger partial charge in [-0.15, -0.1) is 0 Å². The summed E-state index contributed by atoms with van der Waals surface area (Å²) in [5, 5.41) is 13.8. The smallest absolute Gasteiger partial charge is 0.143 e. The topological polar surface area (TPSA) is 39.4 Å². The summed E-state index contributed by atoms with van der Waals surface area (Å²) in [4.78, 5) is 0. The molecule has 12 rings (SSSR count). The molecule has 0 bridgehead atoms. The third kappa shape index (κ3) is 3.72. The molecule has 0 amide bonds. The highest BCUT2D eigenvalue weighted by Gasteiger charge is 2.20. The summed E-state index contributed by atoms with van der Waals surface area (Å²) in [7, 11) is 0. The Balaban J connectivity index is 1.11. The van der Waals surface area contributed by atoms with Crippen molar-refractivity contribution in [3.63, 3.8) is 0 Å². The first kappa shape index (κ1) is 27.0. The van der Waals surface area contributed by atoms with Crippen LogP contribution in [0.4, 0.5) is 0 Å². The molecule has 0 radical (unpaired) electrons. The van der Waals surface area contributed by atoms with Crippen LogP contribution in [0, 0.1) is 0 Å². The summed E-state index contributed by atoms with van der Waals surface area (Å²) in [6.07, 6.45) is 0. The normalized spacial score (nSPS) is 12.3. The largest absolute Gasteiger partial charge is 0.456 e. The van der Waals surface area contributed by atoms with Crippen LogP contribution in [0.2, 0.25) is 0 Å². The number of para-hydroxylation sites is 1. The second kappa shape index (κ2) is 9.87. The number of hydrogen-bond acceptors (Lipinski definition) is 3. The van der Waals surface area contributed by atoms with Crippen molar-refractivity contribution in [3.8, 4) is 22.3 Å². The van der Waals surface area contributed by atoms with Crippen LogP contribution in [-0.4, -0.2) is 0 Å². The molecule has 236 valence electrons. The van der Waals surface area contributed by atoms with Gasteiger partial charge in [0.15, 0.2) is 0 Å². The Labute approximate surface area is 290 Å². The summed E-state index contributed by atoms with van der Waals surface area (Å²) >= 11 is 0. The van der Waals surface area contributed by atoms with Crippen LogP contribution in [0.3, 0.4) is 0 Å². The number of fused-ring (bicyclic) bond motifs is 13. The first-order valence-electron chi connectivity index (χ1n) is 17.3. The fraction of sp³-hybridized carbons (Fsp3) is 0. The summed E-state index contributed by atoms with van der Waals surface area (Å²) in [6.45, 7) is 0. The van der Waals surface area contributed by atoms with E-state index < -0.39 is 0 Å². The second-order valence-corrected chi connectivity index (χ2v) is 13.6. The van der Waals surface area contributed by atoms with Gasteiger partial charge in [-0.25, -0.2) is 0 Å². The van der Waals surface area contributed by atoms with Crippen molar-refractivity contribution in [3.05, 3.63) is 158 Å². The van der Waals surface area contributed by atoms with Gasteiger partial charge in [-0.2, -0.15) is 0 Å². The van der Waals surface area contributed by atoms with Crippen LogP contribution in [-0.2, 0) is 0 Å². The van der Waals surface area contributed by atoms with E-state index in [2.05, 4.69) is 146 Å². The minimum atomic E-state index is 0.824. The van der Waals surface area contributed by atoms with E-state index in [0.29, 0.717) is 0 Å². The number of furan rings is 3. The van der Waals surface area contributed by atoms with E-state index in [0.717, 1.165) is 76.8 Å². The van der Waals surface area contributed by atoms with Gasteiger partial charge in [0.2, 0.25) is 0 Å². The molecule has 0 aliphatic carbocycles. The lowest BCUT2D eigenvalue weighted by Gasteiger charge is -2.17. The maximum Gasteiger partial charge on any atom is 0.143 e. The second-order valence-electron chi connectivity index (χ2n) is 13.6. The minimum absolute atomic E-state index is 0.824. The Morgan fingerprint density at radius 1 is 0.255 bits per heavy atom. The average Bonchev–Trinajstić information content (AvgIpc) is 3.86. The molecule has 0 N–H and O–H groups in total. The summed E-state index contributed by atoms with van der Waals surface area (Å²) in [5.41, 5.74) is 10.0. The zero-order valence-corrected chi connectivity index (χ0v) is 27.2. The zero-order valence-electron chi connectivity index (χ0n) is 27.2. The lowest BCUT2D eigenvalue weighted by molar-refractivity contribution is 0.658. The van der Waals surface area contributed by atoms with E-state index in [-0.39, 0.29) is 0 Å².